The third kappa shape index (κ3) is 3.96. The maximum Gasteiger partial charge on any atom is 0.267 e. The molecule has 0 fully saturated rings. The zero-order valence-corrected chi connectivity index (χ0v) is 17.3. The molecule has 2 aromatic heterocycles. The Balaban J connectivity index is 2.20. The van der Waals surface area contributed by atoms with E-state index in [1.165, 1.54) is 7.05 Å². The average Bonchev–Trinajstić information content (AvgIpc) is 3.19. The maximum atomic E-state index is 12.1. The van der Waals surface area contributed by atoms with Gasteiger partial charge >= 0.3 is 0 Å². The van der Waals surface area contributed by atoms with Gasteiger partial charge in [0.05, 0.1) is 11.4 Å². The molecule has 1 aromatic carbocycles. The monoisotopic (exact) mass is 416 g/mol. The normalized spacial score (nSPS) is 11.4. The Morgan fingerprint density at radius 2 is 2.04 bits per heavy atom. The number of aromatic nitrogens is 2. The van der Waals surface area contributed by atoms with Crippen LogP contribution in [0.25, 0.3) is 22.4 Å². The Bertz CT molecular complexity index is 1110. The summed E-state index contributed by atoms with van der Waals surface area (Å²) in [5.74, 6) is -0.131. The average molecular weight is 417 g/mol. The Morgan fingerprint density at radius 3 is 2.68 bits per heavy atom. The van der Waals surface area contributed by atoms with Crippen molar-refractivity contribution in [3.05, 3.63) is 47.6 Å². The number of benzene rings is 1. The predicted molar refractivity (Wildman–Crippen MR) is 111 cm³/mol. The van der Waals surface area contributed by atoms with Crippen molar-refractivity contribution in [3.8, 4) is 22.4 Å². The van der Waals surface area contributed by atoms with Crippen molar-refractivity contribution < 1.29 is 13.2 Å². The highest BCUT2D eigenvalue weighted by molar-refractivity contribution is 7.91. The lowest BCUT2D eigenvalue weighted by atomic mass is 9.94. The van der Waals surface area contributed by atoms with Gasteiger partial charge in [-0.1, -0.05) is 19.1 Å². The van der Waals surface area contributed by atoms with Crippen molar-refractivity contribution in [1.29, 1.82) is 0 Å². The van der Waals surface area contributed by atoms with Crippen molar-refractivity contribution in [1.82, 2.24) is 14.7 Å². The van der Waals surface area contributed by atoms with Crippen LogP contribution in [0.3, 0.4) is 0 Å². The summed E-state index contributed by atoms with van der Waals surface area (Å²) >= 11 is 1.03. The van der Waals surface area contributed by atoms with Gasteiger partial charge in [-0.05, 0) is 37.2 Å². The van der Waals surface area contributed by atoms with Crippen LogP contribution >= 0.6 is 11.3 Å². The van der Waals surface area contributed by atoms with Gasteiger partial charge in [0.2, 0.25) is 10.2 Å². The van der Waals surface area contributed by atoms with Crippen LogP contribution in [-0.2, 0) is 14.8 Å². The molecular formula is C19H20N4O3S2. The zero-order chi connectivity index (χ0) is 20.3. The van der Waals surface area contributed by atoms with Crippen LogP contribution < -0.4 is 10.0 Å². The number of hydrogen-bond donors (Lipinski definition) is 2. The third-order valence-electron chi connectivity index (χ3n) is 4.27. The molecule has 0 radical (unpaired) electrons. The van der Waals surface area contributed by atoms with Crippen molar-refractivity contribution >= 4 is 33.0 Å². The Kier molecular flexibility index (Phi) is 5.87. The highest BCUT2D eigenvalue weighted by atomic mass is 32.2. The molecule has 0 atom stereocenters. The topological polar surface area (TPSA) is 101 Å². The zero-order valence-electron chi connectivity index (χ0n) is 15.7. The molecule has 7 nitrogen and oxygen atoms in total. The molecular weight excluding hydrogens is 396 g/mol. The fourth-order valence-electron chi connectivity index (χ4n) is 2.80. The van der Waals surface area contributed by atoms with Gasteiger partial charge in [0.1, 0.15) is 0 Å². The smallest absolute Gasteiger partial charge is 0.267 e. The Labute approximate surface area is 167 Å². The van der Waals surface area contributed by atoms with Crippen molar-refractivity contribution in [2.45, 2.75) is 24.6 Å². The number of anilines is 1. The molecule has 0 saturated heterocycles. The SMILES string of the molecule is CCC(=O)Nc1ccc(-c2cccnc2)c(C)c1-c1csc(S(=O)(=O)NC)n1. The van der Waals surface area contributed by atoms with Gasteiger partial charge in [0.25, 0.3) is 10.0 Å². The fraction of sp³-hybridized carbons (Fsp3) is 0.211. The van der Waals surface area contributed by atoms with E-state index in [1.54, 1.807) is 24.7 Å². The number of thiazole rings is 1. The molecule has 1 amide bonds. The lowest BCUT2D eigenvalue weighted by Crippen LogP contribution is -2.18. The number of hydrogen-bond acceptors (Lipinski definition) is 6. The molecule has 28 heavy (non-hydrogen) atoms. The summed E-state index contributed by atoms with van der Waals surface area (Å²) in [6.45, 7) is 3.69. The predicted octanol–water partition coefficient (Wildman–Crippen LogP) is 3.44. The van der Waals surface area contributed by atoms with Crippen LogP contribution in [0.5, 0.6) is 0 Å². The van der Waals surface area contributed by atoms with E-state index in [2.05, 4.69) is 20.0 Å². The van der Waals surface area contributed by atoms with E-state index in [0.29, 0.717) is 23.4 Å². The first kappa shape index (κ1) is 20.1. The molecule has 0 spiro atoms. The molecule has 9 heteroatoms. The number of carbonyl (C=O) groups excluding carboxylic acids is 1. The number of nitrogens with zero attached hydrogens (tertiary/aromatic N) is 2. The minimum atomic E-state index is -3.64. The third-order valence-corrected chi connectivity index (χ3v) is 6.94. The number of sulfonamides is 1. The van der Waals surface area contributed by atoms with E-state index in [4.69, 9.17) is 0 Å². The van der Waals surface area contributed by atoms with Crippen LogP contribution in [0.15, 0.2) is 46.4 Å². The largest absolute Gasteiger partial charge is 0.325 e. The Hall–Kier alpha value is -2.62. The first-order chi connectivity index (χ1) is 13.4. The number of rotatable bonds is 6. The summed E-state index contributed by atoms with van der Waals surface area (Å²) in [5.41, 5.74) is 4.51. The number of pyridine rings is 1. The second kappa shape index (κ2) is 8.17. The number of nitrogens with one attached hydrogen (secondary N) is 2. The molecule has 0 aliphatic heterocycles. The molecule has 146 valence electrons. The second-order valence-electron chi connectivity index (χ2n) is 6.01. The standard InChI is InChI=1S/C19H20N4O3S2/c1-4-17(24)22-15-8-7-14(13-6-5-9-21-10-13)12(2)18(15)16-11-27-19(23-16)28(25,26)20-3/h5-11,20H,4H2,1-3H3,(H,22,24). The summed E-state index contributed by atoms with van der Waals surface area (Å²) < 4.78 is 26.4. The lowest BCUT2D eigenvalue weighted by molar-refractivity contribution is -0.115. The van der Waals surface area contributed by atoms with E-state index < -0.39 is 10.0 Å². The molecule has 0 aliphatic rings. The molecule has 0 saturated carbocycles. The van der Waals surface area contributed by atoms with Gasteiger partial charge in [0.15, 0.2) is 0 Å². The molecule has 0 bridgehead atoms. The van der Waals surface area contributed by atoms with Gasteiger partial charge in [0, 0.05) is 35.3 Å². The van der Waals surface area contributed by atoms with Gasteiger partial charge in [-0.25, -0.2) is 18.1 Å². The molecule has 3 aromatic rings. The fourth-order valence-corrected chi connectivity index (χ4v) is 4.63. The summed E-state index contributed by atoms with van der Waals surface area (Å²) in [6.07, 6.45) is 3.79. The molecule has 0 aliphatic carbocycles. The van der Waals surface area contributed by atoms with Gasteiger partial charge in [-0.3, -0.25) is 9.78 Å². The van der Waals surface area contributed by atoms with E-state index in [0.717, 1.165) is 28.0 Å². The van der Waals surface area contributed by atoms with Crippen LogP contribution in [0.4, 0.5) is 5.69 Å². The van der Waals surface area contributed by atoms with Crippen LogP contribution in [-0.4, -0.2) is 31.3 Å². The second-order valence-corrected chi connectivity index (χ2v) is 8.93. The van der Waals surface area contributed by atoms with Crippen LogP contribution in [0.1, 0.15) is 18.9 Å². The van der Waals surface area contributed by atoms with E-state index >= 15 is 0 Å². The van der Waals surface area contributed by atoms with Gasteiger partial charge < -0.3 is 5.32 Å². The molecule has 2 N–H and O–H groups in total. The van der Waals surface area contributed by atoms with Crippen LogP contribution in [0, 0.1) is 6.92 Å². The van der Waals surface area contributed by atoms with E-state index in [9.17, 15) is 13.2 Å². The minimum Gasteiger partial charge on any atom is -0.325 e. The highest BCUT2D eigenvalue weighted by Crippen LogP contribution is 2.38. The maximum absolute atomic E-state index is 12.1. The molecule has 0 unspecified atom stereocenters. The first-order valence-electron chi connectivity index (χ1n) is 8.60. The van der Waals surface area contributed by atoms with E-state index in [1.807, 2.05) is 31.2 Å². The summed E-state index contributed by atoms with van der Waals surface area (Å²) in [5, 5.41) is 4.57. The minimum absolute atomic E-state index is 0.0241. The Morgan fingerprint density at radius 1 is 1.25 bits per heavy atom. The molecule has 2 heterocycles. The highest BCUT2D eigenvalue weighted by Gasteiger charge is 2.21. The summed E-state index contributed by atoms with van der Waals surface area (Å²) in [6, 6.07) is 7.52. The van der Waals surface area contributed by atoms with Crippen molar-refractivity contribution in [2.75, 3.05) is 12.4 Å². The van der Waals surface area contributed by atoms with Crippen molar-refractivity contribution in [3.63, 3.8) is 0 Å². The lowest BCUT2D eigenvalue weighted by Gasteiger charge is -2.16. The quantitative estimate of drug-likeness (QED) is 0.641. The van der Waals surface area contributed by atoms with E-state index in [-0.39, 0.29) is 10.2 Å². The van der Waals surface area contributed by atoms with Crippen molar-refractivity contribution in [2.24, 2.45) is 0 Å². The van der Waals surface area contributed by atoms with Gasteiger partial charge in [-0.2, -0.15) is 0 Å². The van der Waals surface area contributed by atoms with Crippen LogP contribution in [0.2, 0.25) is 0 Å². The number of carbonyl (C=O) groups is 1. The number of amides is 1. The summed E-state index contributed by atoms with van der Waals surface area (Å²) in [4.78, 5) is 20.5. The molecule has 3 rings (SSSR count). The van der Waals surface area contributed by atoms with Gasteiger partial charge in [-0.15, -0.1) is 11.3 Å². The first-order valence-corrected chi connectivity index (χ1v) is 11.0. The summed E-state index contributed by atoms with van der Waals surface area (Å²) in [7, 11) is -2.30.